The van der Waals surface area contributed by atoms with Crippen LogP contribution in [-0.4, -0.2) is 23.1 Å². The van der Waals surface area contributed by atoms with Crippen LogP contribution in [-0.2, 0) is 6.54 Å². The van der Waals surface area contributed by atoms with Crippen molar-refractivity contribution in [2.24, 2.45) is 0 Å². The number of benzene rings is 2. The second-order valence-corrected chi connectivity index (χ2v) is 8.29. The first kappa shape index (κ1) is 24.0. The van der Waals surface area contributed by atoms with Crippen LogP contribution < -0.4 is 5.32 Å². The zero-order valence-electron chi connectivity index (χ0n) is 16.4. The van der Waals surface area contributed by atoms with Crippen LogP contribution in [0.5, 0.6) is 0 Å². The minimum absolute atomic E-state index is 0.167. The summed E-state index contributed by atoms with van der Waals surface area (Å²) in [7, 11) is 0. The standard InChI is InChI=1S/C23H27Cl3N2S/c1-17(15-24)28(12-6-7-13-29)23(20-10-11-21(25)22(26)14-20)18(2)27-16-19-8-4-3-5-9-19/h3-5,8-11,14,23,27,29H,1-2,6-7,12-13,15-16H2. The lowest BCUT2D eigenvalue weighted by Crippen LogP contribution is -2.34. The molecule has 1 unspecified atom stereocenters. The van der Waals surface area contributed by atoms with Crippen molar-refractivity contribution in [3.63, 3.8) is 0 Å². The van der Waals surface area contributed by atoms with Gasteiger partial charge in [-0.05, 0) is 41.9 Å². The molecule has 156 valence electrons. The van der Waals surface area contributed by atoms with Crippen molar-refractivity contribution in [1.82, 2.24) is 10.2 Å². The molecule has 0 aromatic heterocycles. The number of unbranched alkanes of at least 4 members (excludes halogenated alkanes) is 1. The molecule has 2 aromatic carbocycles. The summed E-state index contributed by atoms with van der Waals surface area (Å²) in [6.45, 7) is 9.99. The van der Waals surface area contributed by atoms with Gasteiger partial charge in [0.15, 0.2) is 0 Å². The van der Waals surface area contributed by atoms with Gasteiger partial charge in [-0.1, -0.05) is 72.8 Å². The molecule has 0 aliphatic carbocycles. The van der Waals surface area contributed by atoms with Crippen LogP contribution in [0.15, 0.2) is 73.1 Å². The predicted molar refractivity (Wildman–Crippen MR) is 131 cm³/mol. The lowest BCUT2D eigenvalue weighted by molar-refractivity contribution is 0.274. The summed E-state index contributed by atoms with van der Waals surface area (Å²) in [5, 5.41) is 4.50. The smallest absolute Gasteiger partial charge is 0.0932 e. The Morgan fingerprint density at radius 3 is 2.38 bits per heavy atom. The van der Waals surface area contributed by atoms with Gasteiger partial charge < -0.3 is 10.2 Å². The van der Waals surface area contributed by atoms with Crippen molar-refractivity contribution in [1.29, 1.82) is 0 Å². The number of thiol groups is 1. The maximum absolute atomic E-state index is 6.32. The maximum Gasteiger partial charge on any atom is 0.0932 e. The van der Waals surface area contributed by atoms with E-state index in [0.29, 0.717) is 22.5 Å². The predicted octanol–water partition coefficient (Wildman–Crippen LogP) is 7.10. The largest absolute Gasteiger partial charge is 0.383 e. The van der Waals surface area contributed by atoms with Gasteiger partial charge in [0.25, 0.3) is 0 Å². The molecule has 0 heterocycles. The first-order valence-corrected chi connectivity index (χ1v) is 11.4. The second-order valence-electron chi connectivity index (χ2n) is 6.76. The number of nitrogens with zero attached hydrogens (tertiary/aromatic N) is 1. The highest BCUT2D eigenvalue weighted by atomic mass is 35.5. The van der Waals surface area contributed by atoms with Gasteiger partial charge in [0.2, 0.25) is 0 Å². The van der Waals surface area contributed by atoms with Gasteiger partial charge in [-0.15, -0.1) is 11.6 Å². The lowest BCUT2D eigenvalue weighted by atomic mass is 10.0. The van der Waals surface area contributed by atoms with Gasteiger partial charge in [0, 0.05) is 24.5 Å². The Morgan fingerprint density at radius 1 is 1.03 bits per heavy atom. The SMILES string of the molecule is C=C(NCc1ccccc1)C(c1ccc(Cl)c(Cl)c1)N(CCCCS)C(=C)CCl. The fourth-order valence-corrected chi connectivity index (χ4v) is 3.78. The summed E-state index contributed by atoms with van der Waals surface area (Å²) in [5.74, 6) is 1.18. The Hall–Kier alpha value is -1.26. The Balaban J connectivity index is 2.32. The molecular formula is C23H27Cl3N2S. The average molecular weight is 470 g/mol. The minimum Gasteiger partial charge on any atom is -0.383 e. The number of hydrogen-bond acceptors (Lipinski definition) is 3. The highest BCUT2D eigenvalue weighted by molar-refractivity contribution is 7.80. The summed E-state index contributed by atoms with van der Waals surface area (Å²) in [6.07, 6.45) is 1.98. The maximum atomic E-state index is 6.32. The summed E-state index contributed by atoms with van der Waals surface area (Å²) >= 11 is 23.0. The molecule has 2 rings (SSSR count). The second kappa shape index (κ2) is 12.4. The van der Waals surface area contributed by atoms with Crippen LogP contribution in [0, 0.1) is 0 Å². The van der Waals surface area contributed by atoms with E-state index in [1.165, 1.54) is 5.56 Å². The molecule has 0 aliphatic heterocycles. The van der Waals surface area contributed by atoms with E-state index in [9.17, 15) is 0 Å². The van der Waals surface area contributed by atoms with E-state index in [4.69, 9.17) is 34.8 Å². The van der Waals surface area contributed by atoms with Gasteiger partial charge in [0.1, 0.15) is 0 Å². The Kier molecular flexibility index (Phi) is 10.3. The zero-order chi connectivity index (χ0) is 21.2. The van der Waals surface area contributed by atoms with Crippen LogP contribution in [0.2, 0.25) is 10.0 Å². The minimum atomic E-state index is -0.167. The molecule has 0 fully saturated rings. The van der Waals surface area contributed by atoms with E-state index >= 15 is 0 Å². The average Bonchev–Trinajstić information content (AvgIpc) is 2.74. The van der Waals surface area contributed by atoms with Crippen molar-refractivity contribution >= 4 is 47.4 Å². The Labute approximate surface area is 194 Å². The van der Waals surface area contributed by atoms with Crippen LogP contribution in [0.4, 0.5) is 0 Å². The number of nitrogens with one attached hydrogen (secondary N) is 1. The molecule has 1 atom stereocenters. The first-order valence-electron chi connectivity index (χ1n) is 9.50. The molecule has 0 saturated carbocycles. The van der Waals surface area contributed by atoms with Gasteiger partial charge >= 0.3 is 0 Å². The highest BCUT2D eigenvalue weighted by Crippen LogP contribution is 2.34. The molecule has 2 nitrogen and oxygen atoms in total. The van der Waals surface area contributed by atoms with Crippen LogP contribution in [0.25, 0.3) is 0 Å². The van der Waals surface area contributed by atoms with E-state index in [2.05, 4.69) is 48.1 Å². The van der Waals surface area contributed by atoms with E-state index in [0.717, 1.165) is 42.1 Å². The number of hydrogen-bond donors (Lipinski definition) is 2. The molecule has 1 N–H and O–H groups in total. The number of halogens is 3. The first-order chi connectivity index (χ1) is 14.0. The quantitative estimate of drug-likeness (QED) is 0.196. The normalized spacial score (nSPS) is 11.7. The molecular weight excluding hydrogens is 443 g/mol. The molecule has 2 aromatic rings. The van der Waals surface area contributed by atoms with E-state index in [1.807, 2.05) is 36.4 Å². The third kappa shape index (κ3) is 7.18. The molecule has 0 spiro atoms. The van der Waals surface area contributed by atoms with Gasteiger partial charge in [-0.25, -0.2) is 0 Å². The van der Waals surface area contributed by atoms with E-state index < -0.39 is 0 Å². The lowest BCUT2D eigenvalue weighted by Gasteiger charge is -2.36. The highest BCUT2D eigenvalue weighted by Gasteiger charge is 2.25. The molecule has 0 radical (unpaired) electrons. The summed E-state index contributed by atoms with van der Waals surface area (Å²) in [5.41, 5.74) is 3.86. The molecule has 0 bridgehead atoms. The third-order valence-electron chi connectivity index (χ3n) is 4.63. The van der Waals surface area contributed by atoms with Crippen molar-refractivity contribution in [3.05, 3.63) is 94.3 Å². The van der Waals surface area contributed by atoms with Gasteiger partial charge in [0.05, 0.1) is 22.0 Å². The number of rotatable bonds is 12. The van der Waals surface area contributed by atoms with Gasteiger partial charge in [-0.3, -0.25) is 0 Å². The Morgan fingerprint density at radius 2 is 1.76 bits per heavy atom. The molecule has 6 heteroatoms. The fourth-order valence-electron chi connectivity index (χ4n) is 3.10. The third-order valence-corrected chi connectivity index (χ3v) is 5.99. The van der Waals surface area contributed by atoms with Crippen LogP contribution >= 0.6 is 47.4 Å². The molecule has 0 aliphatic rings. The summed E-state index contributed by atoms with van der Waals surface area (Å²) in [4.78, 5) is 2.19. The van der Waals surface area contributed by atoms with Crippen molar-refractivity contribution < 1.29 is 0 Å². The summed E-state index contributed by atoms with van der Waals surface area (Å²) < 4.78 is 0. The van der Waals surface area contributed by atoms with Crippen LogP contribution in [0.3, 0.4) is 0 Å². The number of allylic oxidation sites excluding steroid dienone is 1. The molecule has 0 saturated heterocycles. The molecule has 29 heavy (non-hydrogen) atoms. The molecule has 0 amide bonds. The summed E-state index contributed by atoms with van der Waals surface area (Å²) in [6, 6.07) is 15.7. The zero-order valence-corrected chi connectivity index (χ0v) is 19.5. The van der Waals surface area contributed by atoms with E-state index in [-0.39, 0.29) is 6.04 Å². The topological polar surface area (TPSA) is 15.3 Å². The van der Waals surface area contributed by atoms with Crippen LogP contribution in [0.1, 0.15) is 30.0 Å². The van der Waals surface area contributed by atoms with Crippen molar-refractivity contribution in [2.45, 2.75) is 25.4 Å². The Bertz CT molecular complexity index is 811. The monoisotopic (exact) mass is 468 g/mol. The van der Waals surface area contributed by atoms with Gasteiger partial charge in [-0.2, -0.15) is 12.6 Å². The van der Waals surface area contributed by atoms with E-state index in [1.54, 1.807) is 0 Å². The van der Waals surface area contributed by atoms with Crippen molar-refractivity contribution in [3.8, 4) is 0 Å². The number of alkyl halides is 1. The van der Waals surface area contributed by atoms with Crippen molar-refractivity contribution in [2.75, 3.05) is 18.2 Å². The fraction of sp³-hybridized carbons (Fsp3) is 0.304.